The lowest BCUT2D eigenvalue weighted by Crippen LogP contribution is -2.35. The zero-order chi connectivity index (χ0) is 12.7. The minimum Gasteiger partial charge on any atom is -0.349 e. The van der Waals surface area contributed by atoms with E-state index in [2.05, 4.69) is 19.2 Å². The van der Waals surface area contributed by atoms with Crippen molar-refractivity contribution in [1.82, 2.24) is 5.32 Å². The van der Waals surface area contributed by atoms with Crippen LogP contribution in [0, 0.1) is 0 Å². The molecule has 3 nitrogen and oxygen atoms in total. The van der Waals surface area contributed by atoms with Gasteiger partial charge in [-0.1, -0.05) is 26.0 Å². The van der Waals surface area contributed by atoms with Crippen molar-refractivity contribution < 1.29 is 4.79 Å². The summed E-state index contributed by atoms with van der Waals surface area (Å²) < 4.78 is 0. The largest absolute Gasteiger partial charge is 0.349 e. The molecule has 0 bridgehead atoms. The van der Waals surface area contributed by atoms with E-state index in [-0.39, 0.29) is 11.9 Å². The number of hydrogen-bond donors (Lipinski definition) is 2. The van der Waals surface area contributed by atoms with Gasteiger partial charge in [-0.05, 0) is 43.5 Å². The third-order valence-corrected chi connectivity index (χ3v) is 2.97. The smallest absolute Gasteiger partial charge is 0.251 e. The van der Waals surface area contributed by atoms with Gasteiger partial charge in [0.05, 0.1) is 0 Å². The molecule has 0 spiro atoms. The van der Waals surface area contributed by atoms with Crippen LogP contribution >= 0.6 is 0 Å². The van der Waals surface area contributed by atoms with Crippen LogP contribution in [-0.4, -0.2) is 18.5 Å². The van der Waals surface area contributed by atoms with Crippen LogP contribution in [0.5, 0.6) is 0 Å². The van der Waals surface area contributed by atoms with Crippen molar-refractivity contribution >= 4 is 5.91 Å². The summed E-state index contributed by atoms with van der Waals surface area (Å²) in [5.41, 5.74) is 7.47. The predicted molar refractivity (Wildman–Crippen MR) is 71.0 cm³/mol. The highest BCUT2D eigenvalue weighted by Gasteiger charge is 2.11. The second-order valence-electron chi connectivity index (χ2n) is 4.21. The summed E-state index contributed by atoms with van der Waals surface area (Å²) in [4.78, 5) is 11.9. The average Bonchev–Trinajstić information content (AvgIpc) is 2.38. The molecule has 1 aromatic carbocycles. The second kappa shape index (κ2) is 7.07. The van der Waals surface area contributed by atoms with Gasteiger partial charge in [0, 0.05) is 11.6 Å². The lowest BCUT2D eigenvalue weighted by atomic mass is 10.1. The predicted octanol–water partition coefficient (Wildman–Crippen LogP) is 2.11. The molecule has 1 aromatic rings. The lowest BCUT2D eigenvalue weighted by molar-refractivity contribution is 0.0934. The van der Waals surface area contributed by atoms with Crippen molar-refractivity contribution in [3.8, 4) is 0 Å². The summed E-state index contributed by atoms with van der Waals surface area (Å²) in [6.07, 6.45) is 2.73. The van der Waals surface area contributed by atoms with Crippen LogP contribution in [0.3, 0.4) is 0 Å². The number of rotatable bonds is 6. The maximum Gasteiger partial charge on any atom is 0.251 e. The van der Waals surface area contributed by atoms with E-state index in [0.29, 0.717) is 6.54 Å². The van der Waals surface area contributed by atoms with Crippen LogP contribution in [0.25, 0.3) is 0 Å². The van der Waals surface area contributed by atoms with Gasteiger partial charge in [0.25, 0.3) is 5.91 Å². The first-order valence-electron chi connectivity index (χ1n) is 6.31. The van der Waals surface area contributed by atoms with E-state index in [1.807, 2.05) is 24.3 Å². The number of benzene rings is 1. The van der Waals surface area contributed by atoms with Gasteiger partial charge < -0.3 is 11.1 Å². The maximum absolute atomic E-state index is 11.9. The van der Waals surface area contributed by atoms with E-state index in [4.69, 9.17) is 5.73 Å². The zero-order valence-electron chi connectivity index (χ0n) is 10.7. The maximum atomic E-state index is 11.9. The van der Waals surface area contributed by atoms with Crippen LogP contribution in [-0.2, 0) is 6.42 Å². The molecule has 0 saturated heterocycles. The van der Waals surface area contributed by atoms with Crippen LogP contribution in [0.4, 0.5) is 0 Å². The van der Waals surface area contributed by atoms with Crippen molar-refractivity contribution in [3.63, 3.8) is 0 Å². The molecule has 0 aromatic heterocycles. The summed E-state index contributed by atoms with van der Waals surface area (Å²) >= 11 is 0. The van der Waals surface area contributed by atoms with Gasteiger partial charge in [-0.25, -0.2) is 0 Å². The van der Waals surface area contributed by atoms with Crippen LogP contribution in [0.2, 0.25) is 0 Å². The lowest BCUT2D eigenvalue weighted by Gasteiger charge is -2.16. The molecule has 17 heavy (non-hydrogen) atoms. The Labute approximate surface area is 103 Å². The monoisotopic (exact) mass is 234 g/mol. The fraction of sp³-hybridized carbons (Fsp3) is 0.500. The highest BCUT2D eigenvalue weighted by Crippen LogP contribution is 2.06. The van der Waals surface area contributed by atoms with Gasteiger partial charge in [0.2, 0.25) is 0 Å². The molecule has 0 aliphatic rings. The molecule has 0 saturated carbocycles. The first kappa shape index (κ1) is 13.7. The topological polar surface area (TPSA) is 55.1 Å². The van der Waals surface area contributed by atoms with Crippen molar-refractivity contribution in [1.29, 1.82) is 0 Å². The minimum absolute atomic E-state index is 0.00652. The van der Waals surface area contributed by atoms with Crippen molar-refractivity contribution in [3.05, 3.63) is 35.4 Å². The highest BCUT2D eigenvalue weighted by atomic mass is 16.1. The standard InChI is InChI=1S/C14H22N2O/c1-3-11-5-7-12(8-6-11)14(17)16-13(4-2)9-10-15/h5-8,13H,3-4,9-10,15H2,1-2H3,(H,16,17). The molecule has 3 N–H and O–H groups in total. The van der Waals surface area contributed by atoms with Gasteiger partial charge in [0.1, 0.15) is 0 Å². The Hall–Kier alpha value is -1.35. The van der Waals surface area contributed by atoms with Gasteiger partial charge in [-0.3, -0.25) is 4.79 Å². The summed E-state index contributed by atoms with van der Waals surface area (Å²) in [7, 11) is 0. The summed E-state index contributed by atoms with van der Waals surface area (Å²) in [5, 5.41) is 3.00. The molecule has 1 unspecified atom stereocenters. The number of hydrogen-bond acceptors (Lipinski definition) is 2. The quantitative estimate of drug-likeness (QED) is 0.792. The molecular formula is C14H22N2O. The number of aryl methyl sites for hydroxylation is 1. The summed E-state index contributed by atoms with van der Waals surface area (Å²) in [6.45, 7) is 4.76. The summed E-state index contributed by atoms with van der Waals surface area (Å²) in [6, 6.07) is 7.93. The van der Waals surface area contributed by atoms with Crippen molar-refractivity contribution in [2.45, 2.75) is 39.2 Å². The molecule has 94 valence electrons. The molecule has 0 radical (unpaired) electrons. The van der Waals surface area contributed by atoms with E-state index >= 15 is 0 Å². The molecule has 1 atom stereocenters. The zero-order valence-corrected chi connectivity index (χ0v) is 10.7. The van der Waals surface area contributed by atoms with E-state index in [1.165, 1.54) is 5.56 Å². The van der Waals surface area contributed by atoms with Gasteiger partial charge in [0.15, 0.2) is 0 Å². The van der Waals surface area contributed by atoms with Crippen LogP contribution in [0.15, 0.2) is 24.3 Å². The second-order valence-corrected chi connectivity index (χ2v) is 4.21. The molecule has 1 rings (SSSR count). The number of carbonyl (C=O) groups excluding carboxylic acids is 1. The Kier molecular flexibility index (Phi) is 5.70. The van der Waals surface area contributed by atoms with Crippen molar-refractivity contribution in [2.75, 3.05) is 6.54 Å². The molecule has 0 heterocycles. The Morgan fingerprint density at radius 1 is 1.29 bits per heavy atom. The molecule has 0 aliphatic carbocycles. The van der Waals surface area contributed by atoms with Crippen LogP contribution in [0.1, 0.15) is 42.6 Å². The first-order chi connectivity index (χ1) is 8.21. The Bertz CT molecular complexity index is 346. The van der Waals surface area contributed by atoms with E-state index in [0.717, 1.165) is 24.8 Å². The fourth-order valence-corrected chi connectivity index (χ4v) is 1.74. The normalized spacial score (nSPS) is 12.2. The number of nitrogens with two attached hydrogens (primary N) is 1. The molecule has 3 heteroatoms. The fourth-order valence-electron chi connectivity index (χ4n) is 1.74. The number of amides is 1. The average molecular weight is 234 g/mol. The molecular weight excluding hydrogens is 212 g/mol. The number of carbonyl (C=O) groups is 1. The van der Waals surface area contributed by atoms with Gasteiger partial charge in [-0.15, -0.1) is 0 Å². The minimum atomic E-state index is -0.00652. The van der Waals surface area contributed by atoms with Crippen molar-refractivity contribution in [2.24, 2.45) is 5.73 Å². The van der Waals surface area contributed by atoms with Gasteiger partial charge >= 0.3 is 0 Å². The molecule has 0 fully saturated rings. The first-order valence-corrected chi connectivity index (χ1v) is 6.31. The number of nitrogens with one attached hydrogen (secondary N) is 1. The third-order valence-electron chi connectivity index (χ3n) is 2.97. The summed E-state index contributed by atoms with van der Waals surface area (Å²) in [5.74, 6) is -0.00652. The third kappa shape index (κ3) is 4.19. The molecule has 1 amide bonds. The van der Waals surface area contributed by atoms with E-state index < -0.39 is 0 Å². The highest BCUT2D eigenvalue weighted by molar-refractivity contribution is 5.94. The van der Waals surface area contributed by atoms with Gasteiger partial charge in [-0.2, -0.15) is 0 Å². The van der Waals surface area contributed by atoms with E-state index in [9.17, 15) is 4.79 Å². The molecule has 0 aliphatic heterocycles. The Morgan fingerprint density at radius 2 is 1.94 bits per heavy atom. The van der Waals surface area contributed by atoms with Crippen LogP contribution < -0.4 is 11.1 Å². The Balaban J connectivity index is 2.62. The SMILES string of the molecule is CCc1ccc(C(=O)NC(CC)CCN)cc1. The Morgan fingerprint density at radius 3 is 2.41 bits per heavy atom. The van der Waals surface area contributed by atoms with E-state index in [1.54, 1.807) is 0 Å².